The molecule has 1 heterocycles. The molecule has 0 atom stereocenters. The van der Waals surface area contributed by atoms with Crippen molar-refractivity contribution >= 4 is 22.2 Å². The summed E-state index contributed by atoms with van der Waals surface area (Å²) in [6.07, 6.45) is -2.09. The Morgan fingerprint density at radius 1 is 1.64 bits per heavy atom. The van der Waals surface area contributed by atoms with Crippen LogP contribution in [0.15, 0.2) is 6.07 Å². The highest BCUT2D eigenvalue weighted by Crippen LogP contribution is 2.25. The van der Waals surface area contributed by atoms with Gasteiger partial charge in [-0.1, -0.05) is 15.9 Å². The summed E-state index contributed by atoms with van der Waals surface area (Å²) in [5, 5.41) is 0.202. The van der Waals surface area contributed by atoms with Crippen molar-refractivity contribution < 1.29 is 13.6 Å². The second kappa shape index (κ2) is 4.59. The lowest BCUT2D eigenvalue weighted by molar-refractivity contribution is 0.112. The summed E-state index contributed by atoms with van der Waals surface area (Å²) in [7, 11) is 0. The summed E-state index contributed by atoms with van der Waals surface area (Å²) in [6.45, 7) is 1.58. The molecule has 0 aromatic carbocycles. The van der Waals surface area contributed by atoms with E-state index < -0.39 is 6.43 Å². The lowest BCUT2D eigenvalue weighted by Crippen LogP contribution is -2.03. The van der Waals surface area contributed by atoms with Crippen LogP contribution in [0.2, 0.25) is 0 Å². The van der Waals surface area contributed by atoms with Crippen LogP contribution in [0.4, 0.5) is 8.78 Å². The molecule has 0 amide bonds. The molecule has 0 aliphatic carbocycles. The SMILES string of the molecule is Cc1cc(C=O)c(CBr)c(C(F)F)n1. The van der Waals surface area contributed by atoms with Gasteiger partial charge in [-0.25, -0.2) is 8.78 Å². The summed E-state index contributed by atoms with van der Waals surface area (Å²) >= 11 is 3.06. The van der Waals surface area contributed by atoms with Crippen molar-refractivity contribution in [3.63, 3.8) is 0 Å². The van der Waals surface area contributed by atoms with Crippen LogP contribution in [0.25, 0.3) is 0 Å². The zero-order valence-electron chi connectivity index (χ0n) is 7.43. The van der Waals surface area contributed by atoms with Crippen LogP contribution in [0, 0.1) is 6.92 Å². The molecule has 76 valence electrons. The summed E-state index contributed by atoms with van der Waals surface area (Å²) in [5.41, 5.74) is 0.640. The third-order valence-corrected chi connectivity index (χ3v) is 2.35. The van der Waals surface area contributed by atoms with Crippen LogP contribution in [0.1, 0.15) is 33.7 Å². The van der Waals surface area contributed by atoms with Gasteiger partial charge in [0.1, 0.15) is 12.0 Å². The number of aryl methyl sites for hydroxylation is 1. The maximum absolute atomic E-state index is 12.5. The molecule has 2 nitrogen and oxygen atoms in total. The number of pyridine rings is 1. The predicted octanol–water partition coefficient (Wildman–Crippen LogP) is 3.04. The largest absolute Gasteiger partial charge is 0.298 e. The van der Waals surface area contributed by atoms with Gasteiger partial charge >= 0.3 is 0 Å². The normalized spacial score (nSPS) is 10.6. The van der Waals surface area contributed by atoms with Gasteiger partial charge in [-0.05, 0) is 13.0 Å². The van der Waals surface area contributed by atoms with E-state index in [0.29, 0.717) is 12.0 Å². The number of aromatic nitrogens is 1. The Kier molecular flexibility index (Phi) is 3.69. The zero-order valence-corrected chi connectivity index (χ0v) is 9.01. The molecule has 0 saturated carbocycles. The van der Waals surface area contributed by atoms with E-state index in [9.17, 15) is 13.6 Å². The van der Waals surface area contributed by atoms with E-state index in [0.717, 1.165) is 0 Å². The molecule has 0 unspecified atom stereocenters. The third-order valence-electron chi connectivity index (χ3n) is 1.79. The number of aldehydes is 1. The first-order chi connectivity index (χ1) is 6.60. The number of rotatable bonds is 3. The maximum Gasteiger partial charge on any atom is 0.280 e. The number of carbonyl (C=O) groups is 1. The molecule has 1 aromatic heterocycles. The second-order valence-electron chi connectivity index (χ2n) is 2.77. The van der Waals surface area contributed by atoms with Gasteiger partial charge in [-0.3, -0.25) is 9.78 Å². The van der Waals surface area contributed by atoms with Crippen molar-refractivity contribution in [1.29, 1.82) is 0 Å². The van der Waals surface area contributed by atoms with Crippen LogP contribution < -0.4 is 0 Å². The van der Waals surface area contributed by atoms with E-state index in [2.05, 4.69) is 20.9 Å². The molecule has 14 heavy (non-hydrogen) atoms. The highest BCUT2D eigenvalue weighted by molar-refractivity contribution is 9.08. The average Bonchev–Trinajstić information content (AvgIpc) is 2.16. The van der Waals surface area contributed by atoms with Gasteiger partial charge in [0.15, 0.2) is 0 Å². The second-order valence-corrected chi connectivity index (χ2v) is 3.33. The molecule has 0 spiro atoms. The fourth-order valence-corrected chi connectivity index (χ4v) is 1.79. The highest BCUT2D eigenvalue weighted by atomic mass is 79.9. The summed E-state index contributed by atoms with van der Waals surface area (Å²) in [5.74, 6) is 0. The fourth-order valence-electron chi connectivity index (χ4n) is 1.18. The molecule has 0 saturated heterocycles. The maximum atomic E-state index is 12.5. The van der Waals surface area contributed by atoms with E-state index in [-0.39, 0.29) is 22.2 Å². The van der Waals surface area contributed by atoms with E-state index in [1.54, 1.807) is 6.92 Å². The molecule has 0 radical (unpaired) electrons. The van der Waals surface area contributed by atoms with E-state index in [1.165, 1.54) is 6.07 Å². The van der Waals surface area contributed by atoms with Crippen molar-refractivity contribution in [3.05, 3.63) is 28.6 Å². The van der Waals surface area contributed by atoms with Crippen molar-refractivity contribution in [2.24, 2.45) is 0 Å². The molecule has 5 heteroatoms. The van der Waals surface area contributed by atoms with Gasteiger partial charge < -0.3 is 0 Å². The number of alkyl halides is 3. The van der Waals surface area contributed by atoms with Gasteiger partial charge in [0, 0.05) is 22.2 Å². The van der Waals surface area contributed by atoms with Gasteiger partial charge in [-0.2, -0.15) is 0 Å². The van der Waals surface area contributed by atoms with E-state index in [1.807, 2.05) is 0 Å². The molecule has 1 rings (SSSR count). The van der Waals surface area contributed by atoms with Crippen molar-refractivity contribution in [2.75, 3.05) is 0 Å². The lowest BCUT2D eigenvalue weighted by atomic mass is 10.1. The standard InChI is InChI=1S/C9H8BrF2NO/c1-5-2-6(4-14)7(3-10)8(13-5)9(11)12/h2,4,9H,3H2,1H3. The molecule has 1 aromatic rings. The van der Waals surface area contributed by atoms with Crippen LogP contribution in [0.5, 0.6) is 0 Å². The zero-order chi connectivity index (χ0) is 10.7. The quantitative estimate of drug-likeness (QED) is 0.620. The van der Waals surface area contributed by atoms with Gasteiger partial charge in [-0.15, -0.1) is 0 Å². The van der Waals surface area contributed by atoms with Crippen LogP contribution in [-0.4, -0.2) is 11.3 Å². The Bertz CT molecular complexity index is 355. The van der Waals surface area contributed by atoms with Crippen LogP contribution >= 0.6 is 15.9 Å². The number of nitrogens with zero attached hydrogens (tertiary/aromatic N) is 1. The average molecular weight is 264 g/mol. The first-order valence-corrected chi connectivity index (χ1v) is 5.02. The number of hydrogen-bond acceptors (Lipinski definition) is 2. The molecular weight excluding hydrogens is 256 g/mol. The Morgan fingerprint density at radius 3 is 2.71 bits per heavy atom. The molecule has 0 aliphatic rings. The minimum absolute atomic E-state index is 0.202. The summed E-state index contributed by atoms with van der Waals surface area (Å²) in [6, 6.07) is 1.50. The molecule has 0 aliphatic heterocycles. The number of carbonyl (C=O) groups excluding carboxylic acids is 1. The molecule has 0 fully saturated rings. The number of hydrogen-bond donors (Lipinski definition) is 0. The van der Waals surface area contributed by atoms with Crippen molar-refractivity contribution in [3.8, 4) is 0 Å². The van der Waals surface area contributed by atoms with Crippen LogP contribution in [-0.2, 0) is 5.33 Å². The highest BCUT2D eigenvalue weighted by Gasteiger charge is 2.17. The minimum Gasteiger partial charge on any atom is -0.298 e. The first-order valence-electron chi connectivity index (χ1n) is 3.89. The minimum atomic E-state index is -2.65. The van der Waals surface area contributed by atoms with E-state index in [4.69, 9.17) is 0 Å². The topological polar surface area (TPSA) is 30.0 Å². The van der Waals surface area contributed by atoms with Gasteiger partial charge in [0.25, 0.3) is 6.43 Å². The fraction of sp³-hybridized carbons (Fsp3) is 0.333. The predicted molar refractivity (Wildman–Crippen MR) is 51.9 cm³/mol. The summed E-state index contributed by atoms with van der Waals surface area (Å²) in [4.78, 5) is 14.3. The van der Waals surface area contributed by atoms with Gasteiger partial charge in [0.05, 0.1) is 0 Å². The number of halogens is 3. The molecular formula is C9H8BrF2NO. The Balaban J connectivity index is 3.39. The van der Waals surface area contributed by atoms with Crippen molar-refractivity contribution in [2.45, 2.75) is 18.7 Å². The Hall–Kier alpha value is -0.840. The third kappa shape index (κ3) is 2.15. The van der Waals surface area contributed by atoms with Gasteiger partial charge in [0.2, 0.25) is 0 Å². The Morgan fingerprint density at radius 2 is 2.29 bits per heavy atom. The smallest absolute Gasteiger partial charge is 0.280 e. The summed E-state index contributed by atoms with van der Waals surface area (Å²) < 4.78 is 25.0. The monoisotopic (exact) mass is 263 g/mol. The first kappa shape index (κ1) is 11.2. The lowest BCUT2D eigenvalue weighted by Gasteiger charge is -2.08. The Labute approximate surface area is 88.5 Å². The molecule has 0 N–H and O–H groups in total. The van der Waals surface area contributed by atoms with Crippen molar-refractivity contribution in [1.82, 2.24) is 4.98 Å². The van der Waals surface area contributed by atoms with Crippen LogP contribution in [0.3, 0.4) is 0 Å². The molecule has 0 bridgehead atoms. The van der Waals surface area contributed by atoms with E-state index >= 15 is 0 Å².